The lowest BCUT2D eigenvalue weighted by Crippen LogP contribution is -2.18. The second-order valence-electron chi connectivity index (χ2n) is 4.20. The van der Waals surface area contributed by atoms with Gasteiger partial charge in [0, 0.05) is 18.5 Å². The van der Waals surface area contributed by atoms with Crippen molar-refractivity contribution in [1.29, 1.82) is 0 Å². The summed E-state index contributed by atoms with van der Waals surface area (Å²) in [5.41, 5.74) is 6.92. The van der Waals surface area contributed by atoms with E-state index in [2.05, 4.69) is 9.97 Å². The van der Waals surface area contributed by atoms with Crippen molar-refractivity contribution in [3.63, 3.8) is 0 Å². The number of aromatic nitrogens is 2. The van der Waals surface area contributed by atoms with Gasteiger partial charge in [-0.2, -0.15) is 0 Å². The zero-order valence-electron chi connectivity index (χ0n) is 9.96. The summed E-state index contributed by atoms with van der Waals surface area (Å²) in [5.74, 6) is 0.734. The van der Waals surface area contributed by atoms with Crippen molar-refractivity contribution < 1.29 is 4.92 Å². The highest BCUT2D eigenvalue weighted by atomic mass is 16.6. The van der Waals surface area contributed by atoms with E-state index in [1.54, 1.807) is 24.4 Å². The molecular weight excluding hydrogens is 232 g/mol. The molecule has 1 aromatic heterocycles. The third-order valence-electron chi connectivity index (χ3n) is 2.53. The monoisotopic (exact) mass is 246 g/mol. The SMILES string of the molecule is CC(N)Cc1ncc(-c2ccccc2[N+](=O)[O-])[nH]1. The predicted molar refractivity (Wildman–Crippen MR) is 68.0 cm³/mol. The summed E-state index contributed by atoms with van der Waals surface area (Å²) in [4.78, 5) is 17.8. The minimum absolute atomic E-state index is 0.00485. The highest BCUT2D eigenvalue weighted by Crippen LogP contribution is 2.27. The number of hydrogen-bond acceptors (Lipinski definition) is 4. The summed E-state index contributed by atoms with van der Waals surface area (Å²) >= 11 is 0. The van der Waals surface area contributed by atoms with E-state index < -0.39 is 4.92 Å². The largest absolute Gasteiger partial charge is 0.342 e. The minimum atomic E-state index is -0.401. The maximum Gasteiger partial charge on any atom is 0.278 e. The number of nitrogens with zero attached hydrogens (tertiary/aromatic N) is 2. The van der Waals surface area contributed by atoms with Crippen LogP contribution in [0.2, 0.25) is 0 Å². The molecule has 1 atom stereocenters. The number of H-pyrrole nitrogens is 1. The van der Waals surface area contributed by atoms with Gasteiger partial charge in [0.05, 0.1) is 22.4 Å². The molecule has 1 heterocycles. The van der Waals surface area contributed by atoms with Crippen molar-refractivity contribution >= 4 is 5.69 Å². The summed E-state index contributed by atoms with van der Waals surface area (Å²) < 4.78 is 0. The Labute approximate surface area is 104 Å². The average Bonchev–Trinajstić information content (AvgIpc) is 2.76. The van der Waals surface area contributed by atoms with Crippen LogP contribution in [0, 0.1) is 10.1 Å². The summed E-state index contributed by atoms with van der Waals surface area (Å²) in [6, 6.07) is 6.56. The van der Waals surface area contributed by atoms with E-state index in [1.807, 2.05) is 6.92 Å². The Balaban J connectivity index is 2.37. The second kappa shape index (κ2) is 4.97. The third kappa shape index (κ3) is 2.54. The molecule has 94 valence electrons. The molecule has 0 amide bonds. The molecule has 0 bridgehead atoms. The van der Waals surface area contributed by atoms with E-state index in [0.717, 1.165) is 5.82 Å². The zero-order chi connectivity index (χ0) is 13.1. The van der Waals surface area contributed by atoms with Crippen LogP contribution in [-0.4, -0.2) is 20.9 Å². The fraction of sp³-hybridized carbons (Fsp3) is 0.250. The van der Waals surface area contributed by atoms with Crippen LogP contribution in [0.5, 0.6) is 0 Å². The summed E-state index contributed by atoms with van der Waals surface area (Å²) in [6.07, 6.45) is 2.21. The molecule has 0 aliphatic heterocycles. The molecule has 0 saturated carbocycles. The molecule has 6 nitrogen and oxygen atoms in total. The van der Waals surface area contributed by atoms with Gasteiger partial charge in [0.15, 0.2) is 0 Å². The van der Waals surface area contributed by atoms with E-state index in [4.69, 9.17) is 5.73 Å². The standard InChI is InChI=1S/C12H14N4O2/c1-8(13)6-12-14-7-10(15-12)9-4-2-3-5-11(9)16(17)18/h2-5,7-8H,6,13H2,1H3,(H,14,15). The molecule has 3 N–H and O–H groups in total. The molecule has 0 aliphatic rings. The Morgan fingerprint density at radius 3 is 2.89 bits per heavy atom. The smallest absolute Gasteiger partial charge is 0.278 e. The number of nitrogens with two attached hydrogens (primary N) is 1. The van der Waals surface area contributed by atoms with Gasteiger partial charge in [-0.15, -0.1) is 0 Å². The fourth-order valence-electron chi connectivity index (χ4n) is 1.77. The van der Waals surface area contributed by atoms with Gasteiger partial charge in [0.2, 0.25) is 0 Å². The van der Waals surface area contributed by atoms with Crippen LogP contribution in [0.3, 0.4) is 0 Å². The number of aromatic amines is 1. The molecule has 0 radical (unpaired) electrons. The van der Waals surface area contributed by atoms with Crippen molar-refractivity contribution in [3.8, 4) is 11.3 Å². The van der Waals surface area contributed by atoms with E-state index in [9.17, 15) is 10.1 Å². The fourth-order valence-corrected chi connectivity index (χ4v) is 1.77. The van der Waals surface area contributed by atoms with Gasteiger partial charge in [0.1, 0.15) is 5.82 Å². The number of rotatable bonds is 4. The number of nitro groups is 1. The second-order valence-corrected chi connectivity index (χ2v) is 4.20. The molecule has 2 rings (SSSR count). The number of nitrogens with one attached hydrogen (secondary N) is 1. The first-order chi connectivity index (χ1) is 8.58. The first-order valence-electron chi connectivity index (χ1n) is 5.61. The van der Waals surface area contributed by atoms with E-state index in [1.165, 1.54) is 6.07 Å². The van der Waals surface area contributed by atoms with Crippen molar-refractivity contribution in [2.24, 2.45) is 5.73 Å². The molecule has 0 aliphatic carbocycles. The minimum Gasteiger partial charge on any atom is -0.342 e. The van der Waals surface area contributed by atoms with Crippen LogP contribution < -0.4 is 5.73 Å². The van der Waals surface area contributed by atoms with Crippen LogP contribution in [-0.2, 0) is 6.42 Å². The summed E-state index contributed by atoms with van der Waals surface area (Å²) in [5, 5.41) is 10.9. The molecular formula is C12H14N4O2. The van der Waals surface area contributed by atoms with E-state index in [0.29, 0.717) is 17.7 Å². The van der Waals surface area contributed by atoms with Gasteiger partial charge in [-0.05, 0) is 13.0 Å². The molecule has 1 aromatic carbocycles. The Morgan fingerprint density at radius 1 is 1.50 bits per heavy atom. The maximum atomic E-state index is 10.9. The Kier molecular flexibility index (Phi) is 3.38. The summed E-state index contributed by atoms with van der Waals surface area (Å²) in [6.45, 7) is 1.88. The lowest BCUT2D eigenvalue weighted by atomic mass is 10.1. The Bertz CT molecular complexity index is 563. The van der Waals surface area contributed by atoms with E-state index >= 15 is 0 Å². The van der Waals surface area contributed by atoms with Crippen LogP contribution >= 0.6 is 0 Å². The van der Waals surface area contributed by atoms with Crippen LogP contribution in [0.25, 0.3) is 11.3 Å². The Morgan fingerprint density at radius 2 is 2.22 bits per heavy atom. The molecule has 1 unspecified atom stereocenters. The molecule has 2 aromatic rings. The van der Waals surface area contributed by atoms with Crippen LogP contribution in [0.1, 0.15) is 12.7 Å². The summed E-state index contributed by atoms with van der Waals surface area (Å²) in [7, 11) is 0. The van der Waals surface area contributed by atoms with Gasteiger partial charge in [0.25, 0.3) is 5.69 Å². The first-order valence-corrected chi connectivity index (χ1v) is 5.61. The molecule has 0 spiro atoms. The third-order valence-corrected chi connectivity index (χ3v) is 2.53. The molecule has 18 heavy (non-hydrogen) atoms. The van der Waals surface area contributed by atoms with Gasteiger partial charge in [-0.1, -0.05) is 12.1 Å². The van der Waals surface area contributed by atoms with Crippen molar-refractivity contribution in [3.05, 3.63) is 46.4 Å². The van der Waals surface area contributed by atoms with Crippen molar-refractivity contribution in [2.75, 3.05) is 0 Å². The van der Waals surface area contributed by atoms with Gasteiger partial charge in [-0.25, -0.2) is 4.98 Å². The van der Waals surface area contributed by atoms with Crippen molar-refractivity contribution in [1.82, 2.24) is 9.97 Å². The van der Waals surface area contributed by atoms with Crippen LogP contribution in [0.4, 0.5) is 5.69 Å². The number of imidazole rings is 1. The maximum absolute atomic E-state index is 10.9. The van der Waals surface area contributed by atoms with Crippen LogP contribution in [0.15, 0.2) is 30.5 Å². The highest BCUT2D eigenvalue weighted by Gasteiger charge is 2.16. The average molecular weight is 246 g/mol. The van der Waals surface area contributed by atoms with Gasteiger partial charge in [-0.3, -0.25) is 10.1 Å². The normalized spacial score (nSPS) is 12.3. The number of hydrogen-bond donors (Lipinski definition) is 2. The van der Waals surface area contributed by atoms with Gasteiger partial charge < -0.3 is 10.7 Å². The molecule has 0 fully saturated rings. The number of benzene rings is 1. The zero-order valence-corrected chi connectivity index (χ0v) is 9.96. The predicted octanol–water partition coefficient (Wildman–Crippen LogP) is 1.87. The number of para-hydroxylation sites is 1. The quantitative estimate of drug-likeness (QED) is 0.635. The molecule has 6 heteroatoms. The molecule has 0 saturated heterocycles. The lowest BCUT2D eigenvalue weighted by molar-refractivity contribution is -0.384. The van der Waals surface area contributed by atoms with E-state index in [-0.39, 0.29) is 11.7 Å². The lowest BCUT2D eigenvalue weighted by Gasteiger charge is -2.01. The topological polar surface area (TPSA) is 97.8 Å². The number of nitro benzene ring substituents is 1. The van der Waals surface area contributed by atoms with Crippen molar-refractivity contribution in [2.45, 2.75) is 19.4 Å². The Hall–Kier alpha value is -2.21. The highest BCUT2D eigenvalue weighted by molar-refractivity contribution is 5.70. The first kappa shape index (κ1) is 12.3. The van der Waals surface area contributed by atoms with Gasteiger partial charge >= 0.3 is 0 Å².